The Morgan fingerprint density at radius 1 is 1.61 bits per heavy atom. The van der Waals surface area contributed by atoms with E-state index in [-0.39, 0.29) is 30.0 Å². The Hall–Kier alpha value is -0.410. The van der Waals surface area contributed by atoms with E-state index < -0.39 is 0 Å². The van der Waals surface area contributed by atoms with Gasteiger partial charge in [0, 0.05) is 21.8 Å². The third-order valence-corrected chi connectivity index (χ3v) is 4.01. The zero-order chi connectivity index (χ0) is 12.4. The van der Waals surface area contributed by atoms with Gasteiger partial charge in [0.1, 0.15) is 12.4 Å². The standard InChI is InChI=1S/C11H13BrN3OS.HI/c1-13-3-4-15(8-13)11(16)14(2)6-10-5-9(12)7-17-10;/h3-5,7-8H,6H2,1-2H3;1H/q+1;/p-1. The van der Waals surface area contributed by atoms with Gasteiger partial charge in [0.2, 0.25) is 0 Å². The third kappa shape index (κ3) is 3.79. The number of halogens is 2. The number of nitrogens with zero attached hydrogens (tertiary/aromatic N) is 3. The number of amides is 1. The number of carbonyl (C=O) groups is 1. The van der Waals surface area contributed by atoms with Crippen molar-refractivity contribution >= 4 is 33.3 Å². The molecule has 0 aromatic carbocycles. The van der Waals surface area contributed by atoms with Gasteiger partial charge in [-0.2, -0.15) is 4.57 Å². The van der Waals surface area contributed by atoms with Crippen LogP contribution in [0.2, 0.25) is 0 Å². The van der Waals surface area contributed by atoms with Gasteiger partial charge in [0.25, 0.3) is 6.33 Å². The summed E-state index contributed by atoms with van der Waals surface area (Å²) >= 11 is 5.05. The molecular formula is C11H13BrIN3OS. The summed E-state index contributed by atoms with van der Waals surface area (Å²) in [7, 11) is 3.69. The van der Waals surface area contributed by atoms with Crippen molar-refractivity contribution in [3.63, 3.8) is 0 Å². The van der Waals surface area contributed by atoms with E-state index >= 15 is 0 Å². The molecular weight excluding hydrogens is 429 g/mol. The number of hydrogen-bond acceptors (Lipinski definition) is 2. The Bertz CT molecular complexity index is 540. The van der Waals surface area contributed by atoms with Crippen LogP contribution >= 0.6 is 27.3 Å². The van der Waals surface area contributed by atoms with E-state index in [0.717, 1.165) is 9.35 Å². The second-order valence-electron chi connectivity index (χ2n) is 3.86. The number of thiophene rings is 1. The normalized spacial score (nSPS) is 9.94. The molecule has 2 aromatic heterocycles. The first-order valence-electron chi connectivity index (χ1n) is 5.08. The van der Waals surface area contributed by atoms with Crippen LogP contribution in [-0.2, 0) is 13.6 Å². The molecule has 0 radical (unpaired) electrons. The molecule has 0 aliphatic rings. The first kappa shape index (κ1) is 15.6. The van der Waals surface area contributed by atoms with Crippen LogP contribution in [0, 0.1) is 0 Å². The summed E-state index contributed by atoms with van der Waals surface area (Å²) in [6.45, 7) is 0.622. The van der Waals surface area contributed by atoms with Crippen molar-refractivity contribution in [2.45, 2.75) is 6.54 Å². The number of hydrogen-bond donors (Lipinski definition) is 0. The summed E-state index contributed by atoms with van der Waals surface area (Å²) in [4.78, 5) is 14.9. The molecule has 0 aliphatic carbocycles. The molecule has 2 aromatic rings. The predicted molar refractivity (Wildman–Crippen MR) is 69.9 cm³/mol. The largest absolute Gasteiger partial charge is 1.00 e. The van der Waals surface area contributed by atoms with Gasteiger partial charge in [-0.3, -0.25) is 0 Å². The van der Waals surface area contributed by atoms with Crippen molar-refractivity contribution in [3.05, 3.63) is 39.5 Å². The fraction of sp³-hybridized carbons (Fsp3) is 0.273. The molecule has 98 valence electrons. The fourth-order valence-electron chi connectivity index (χ4n) is 1.50. The monoisotopic (exact) mass is 441 g/mol. The minimum atomic E-state index is -0.0323. The quantitative estimate of drug-likeness (QED) is 0.445. The number of rotatable bonds is 2. The van der Waals surface area contributed by atoms with Gasteiger partial charge in [0.15, 0.2) is 0 Å². The SMILES string of the molecule is CN(Cc1cc(Br)cs1)C(=O)n1cc[n+](C)c1.[I-]. The maximum atomic E-state index is 12.0. The first-order chi connectivity index (χ1) is 8.06. The zero-order valence-corrected chi connectivity index (χ0v) is 14.6. The first-order valence-corrected chi connectivity index (χ1v) is 6.75. The lowest BCUT2D eigenvalue weighted by atomic mass is 10.4. The van der Waals surface area contributed by atoms with Crippen molar-refractivity contribution < 1.29 is 33.3 Å². The zero-order valence-electron chi connectivity index (χ0n) is 10.0. The lowest BCUT2D eigenvalue weighted by molar-refractivity contribution is -0.670. The maximum absolute atomic E-state index is 12.0. The van der Waals surface area contributed by atoms with Crippen LogP contribution in [0.5, 0.6) is 0 Å². The lowest BCUT2D eigenvalue weighted by Gasteiger charge is -2.12. The smallest absolute Gasteiger partial charge is 0.415 e. The van der Waals surface area contributed by atoms with Gasteiger partial charge < -0.3 is 28.9 Å². The van der Waals surface area contributed by atoms with E-state index in [9.17, 15) is 4.79 Å². The van der Waals surface area contributed by atoms with Crippen LogP contribution in [-0.4, -0.2) is 22.5 Å². The predicted octanol–water partition coefficient (Wildman–Crippen LogP) is -0.759. The maximum Gasteiger partial charge on any atom is 0.415 e. The molecule has 1 amide bonds. The summed E-state index contributed by atoms with van der Waals surface area (Å²) in [5.74, 6) is 0. The highest BCUT2D eigenvalue weighted by molar-refractivity contribution is 9.10. The second kappa shape index (κ2) is 6.67. The topological polar surface area (TPSA) is 29.1 Å². The summed E-state index contributed by atoms with van der Waals surface area (Å²) in [6, 6.07) is 2.00. The summed E-state index contributed by atoms with van der Waals surface area (Å²) in [5, 5.41) is 2.02. The Morgan fingerprint density at radius 2 is 2.33 bits per heavy atom. The van der Waals surface area contributed by atoms with Gasteiger partial charge in [-0.1, -0.05) is 0 Å². The molecule has 18 heavy (non-hydrogen) atoms. The van der Waals surface area contributed by atoms with Crippen LogP contribution < -0.4 is 28.5 Å². The average molecular weight is 442 g/mol. The van der Waals surface area contributed by atoms with E-state index in [0.29, 0.717) is 6.54 Å². The third-order valence-electron chi connectivity index (χ3n) is 2.33. The van der Waals surface area contributed by atoms with Crippen molar-refractivity contribution in [1.82, 2.24) is 9.47 Å². The Morgan fingerprint density at radius 3 is 2.83 bits per heavy atom. The number of imidazole rings is 1. The Labute approximate surface area is 135 Å². The van der Waals surface area contributed by atoms with Crippen LogP contribution in [0.15, 0.2) is 34.6 Å². The molecule has 2 rings (SSSR count). The van der Waals surface area contributed by atoms with E-state index in [2.05, 4.69) is 15.9 Å². The molecule has 0 fully saturated rings. The molecule has 0 bridgehead atoms. The van der Waals surface area contributed by atoms with E-state index in [1.165, 1.54) is 0 Å². The van der Waals surface area contributed by atoms with Crippen LogP contribution in [0.4, 0.5) is 4.79 Å². The number of aromatic nitrogens is 2. The average Bonchev–Trinajstić information content (AvgIpc) is 2.87. The molecule has 2 heterocycles. The molecule has 0 unspecified atom stereocenters. The molecule has 0 saturated heterocycles. The number of carbonyl (C=O) groups excluding carboxylic acids is 1. The van der Waals surface area contributed by atoms with Crippen molar-refractivity contribution in [2.75, 3.05) is 7.05 Å². The van der Waals surface area contributed by atoms with Gasteiger partial charge in [-0.25, -0.2) is 9.36 Å². The van der Waals surface area contributed by atoms with E-state index in [1.54, 1.807) is 40.4 Å². The van der Waals surface area contributed by atoms with Crippen LogP contribution in [0.3, 0.4) is 0 Å². The molecule has 0 aliphatic heterocycles. The summed E-state index contributed by atoms with van der Waals surface area (Å²) in [5.41, 5.74) is 0. The van der Waals surface area contributed by atoms with Crippen molar-refractivity contribution in [3.8, 4) is 0 Å². The van der Waals surface area contributed by atoms with E-state index in [1.807, 2.05) is 29.3 Å². The Kier molecular flexibility index (Phi) is 5.80. The highest BCUT2D eigenvalue weighted by atomic mass is 127. The molecule has 0 saturated carbocycles. The Balaban J connectivity index is 0.00000162. The highest BCUT2D eigenvalue weighted by Gasteiger charge is 2.17. The minimum Gasteiger partial charge on any atom is -1.00 e. The van der Waals surface area contributed by atoms with Gasteiger partial charge in [-0.05, 0) is 22.0 Å². The van der Waals surface area contributed by atoms with Crippen molar-refractivity contribution in [1.29, 1.82) is 0 Å². The van der Waals surface area contributed by atoms with E-state index in [4.69, 9.17) is 0 Å². The molecule has 7 heteroatoms. The van der Waals surface area contributed by atoms with Gasteiger partial charge in [0.05, 0.1) is 13.6 Å². The molecule has 0 spiro atoms. The highest BCUT2D eigenvalue weighted by Crippen LogP contribution is 2.20. The molecule has 4 nitrogen and oxygen atoms in total. The van der Waals surface area contributed by atoms with Gasteiger partial charge >= 0.3 is 6.03 Å². The van der Waals surface area contributed by atoms with Crippen LogP contribution in [0.25, 0.3) is 0 Å². The van der Waals surface area contributed by atoms with Gasteiger partial charge in [-0.15, -0.1) is 11.3 Å². The molecule has 0 N–H and O–H groups in total. The fourth-order valence-corrected chi connectivity index (χ4v) is 3.00. The lowest BCUT2D eigenvalue weighted by Crippen LogP contribution is -3.00. The second-order valence-corrected chi connectivity index (χ2v) is 5.77. The van der Waals surface area contributed by atoms with Crippen LogP contribution in [0.1, 0.15) is 4.88 Å². The molecule has 0 atom stereocenters. The number of aryl methyl sites for hydroxylation is 1. The summed E-state index contributed by atoms with van der Waals surface area (Å²) in [6.07, 6.45) is 5.35. The van der Waals surface area contributed by atoms with Crippen molar-refractivity contribution in [2.24, 2.45) is 7.05 Å². The summed E-state index contributed by atoms with van der Waals surface area (Å²) < 4.78 is 4.47. The minimum absolute atomic E-state index is 0.